The molecule has 1 aliphatic heterocycles. The minimum atomic E-state index is -0.391. The van der Waals surface area contributed by atoms with Gasteiger partial charge < -0.3 is 14.7 Å². The molecular weight excluding hydrogens is 262 g/mol. The van der Waals surface area contributed by atoms with Crippen molar-refractivity contribution in [1.29, 1.82) is 0 Å². The standard InChI is InChI=1S/C15H22ClNO2/c1-2-17-8-6-12(7-9-17)15(18)11-19-14-5-3-4-13(16)10-14/h3-5,10,12,15,18H,2,6-9,11H2,1H3. The van der Waals surface area contributed by atoms with Crippen LogP contribution in [0.4, 0.5) is 0 Å². The van der Waals surface area contributed by atoms with Gasteiger partial charge in [0.2, 0.25) is 0 Å². The lowest BCUT2D eigenvalue weighted by Gasteiger charge is -2.33. The molecule has 0 bridgehead atoms. The molecule has 0 aliphatic carbocycles. The van der Waals surface area contributed by atoms with E-state index in [-0.39, 0.29) is 0 Å². The number of benzene rings is 1. The average molecular weight is 284 g/mol. The molecule has 1 unspecified atom stereocenters. The van der Waals surface area contributed by atoms with Gasteiger partial charge in [0.05, 0.1) is 6.10 Å². The van der Waals surface area contributed by atoms with Crippen molar-refractivity contribution in [1.82, 2.24) is 4.90 Å². The quantitative estimate of drug-likeness (QED) is 0.902. The molecule has 1 atom stereocenters. The Morgan fingerprint density at radius 3 is 2.79 bits per heavy atom. The zero-order chi connectivity index (χ0) is 13.7. The largest absolute Gasteiger partial charge is 0.491 e. The Labute approximate surface area is 120 Å². The summed E-state index contributed by atoms with van der Waals surface area (Å²) in [5.41, 5.74) is 0. The first-order valence-corrected chi connectivity index (χ1v) is 7.35. The summed E-state index contributed by atoms with van der Waals surface area (Å²) in [5.74, 6) is 1.07. The third-order valence-electron chi connectivity index (χ3n) is 3.84. The molecule has 106 valence electrons. The lowest BCUT2D eigenvalue weighted by Crippen LogP contribution is -2.39. The summed E-state index contributed by atoms with van der Waals surface area (Å²) >= 11 is 5.89. The number of halogens is 1. The Hall–Kier alpha value is -0.770. The normalized spacial score (nSPS) is 19.3. The maximum atomic E-state index is 10.2. The van der Waals surface area contributed by atoms with Crippen LogP contribution in [0.5, 0.6) is 5.75 Å². The van der Waals surface area contributed by atoms with Crippen LogP contribution in [0.1, 0.15) is 19.8 Å². The van der Waals surface area contributed by atoms with Crippen molar-refractivity contribution in [2.75, 3.05) is 26.2 Å². The number of hydrogen-bond donors (Lipinski definition) is 1. The Morgan fingerprint density at radius 2 is 2.16 bits per heavy atom. The molecule has 1 heterocycles. The summed E-state index contributed by atoms with van der Waals surface area (Å²) in [5, 5.41) is 10.8. The van der Waals surface area contributed by atoms with Gasteiger partial charge in [0.25, 0.3) is 0 Å². The lowest BCUT2D eigenvalue weighted by atomic mass is 9.91. The Bertz CT molecular complexity index is 391. The predicted molar refractivity (Wildman–Crippen MR) is 77.8 cm³/mol. The molecule has 0 radical (unpaired) electrons. The Balaban J connectivity index is 1.77. The fourth-order valence-corrected chi connectivity index (χ4v) is 2.71. The lowest BCUT2D eigenvalue weighted by molar-refractivity contribution is 0.0267. The first kappa shape index (κ1) is 14.6. The third-order valence-corrected chi connectivity index (χ3v) is 4.08. The van der Waals surface area contributed by atoms with Crippen molar-refractivity contribution >= 4 is 11.6 Å². The highest BCUT2D eigenvalue weighted by Gasteiger charge is 2.24. The second-order valence-electron chi connectivity index (χ2n) is 5.11. The zero-order valence-electron chi connectivity index (χ0n) is 11.4. The second-order valence-corrected chi connectivity index (χ2v) is 5.54. The smallest absolute Gasteiger partial charge is 0.120 e. The van der Waals surface area contributed by atoms with Gasteiger partial charge in [-0.3, -0.25) is 0 Å². The average Bonchev–Trinajstić information content (AvgIpc) is 2.45. The highest BCUT2D eigenvalue weighted by molar-refractivity contribution is 6.30. The molecular formula is C15H22ClNO2. The van der Waals surface area contributed by atoms with Gasteiger partial charge in [0.15, 0.2) is 0 Å². The fraction of sp³-hybridized carbons (Fsp3) is 0.600. The molecule has 1 N–H and O–H groups in total. The highest BCUT2D eigenvalue weighted by atomic mass is 35.5. The van der Waals surface area contributed by atoms with E-state index in [1.165, 1.54) is 0 Å². The summed E-state index contributed by atoms with van der Waals surface area (Å²) in [4.78, 5) is 2.42. The van der Waals surface area contributed by atoms with Crippen molar-refractivity contribution in [2.24, 2.45) is 5.92 Å². The van der Waals surface area contributed by atoms with Gasteiger partial charge in [-0.15, -0.1) is 0 Å². The number of piperidine rings is 1. The molecule has 0 amide bonds. The second kappa shape index (κ2) is 7.13. The fourth-order valence-electron chi connectivity index (χ4n) is 2.53. The molecule has 19 heavy (non-hydrogen) atoms. The van der Waals surface area contributed by atoms with Crippen molar-refractivity contribution in [2.45, 2.75) is 25.9 Å². The topological polar surface area (TPSA) is 32.7 Å². The van der Waals surface area contributed by atoms with Gasteiger partial charge in [-0.05, 0) is 56.6 Å². The van der Waals surface area contributed by atoms with Gasteiger partial charge in [-0.25, -0.2) is 0 Å². The Kier molecular flexibility index (Phi) is 5.49. The van der Waals surface area contributed by atoms with Crippen LogP contribution in [0.3, 0.4) is 0 Å². The number of aliphatic hydroxyl groups is 1. The van der Waals surface area contributed by atoms with Crippen molar-refractivity contribution in [3.8, 4) is 5.75 Å². The molecule has 1 aromatic carbocycles. The van der Waals surface area contributed by atoms with Gasteiger partial charge in [0.1, 0.15) is 12.4 Å². The van der Waals surface area contributed by atoms with Crippen LogP contribution in [0.2, 0.25) is 5.02 Å². The summed E-state index contributed by atoms with van der Waals surface area (Å²) in [6, 6.07) is 7.29. The Morgan fingerprint density at radius 1 is 1.42 bits per heavy atom. The third kappa shape index (κ3) is 4.37. The molecule has 0 spiro atoms. The molecule has 0 aromatic heterocycles. The van der Waals surface area contributed by atoms with Crippen LogP contribution in [-0.2, 0) is 0 Å². The van der Waals surface area contributed by atoms with E-state index in [2.05, 4.69) is 11.8 Å². The van der Waals surface area contributed by atoms with E-state index >= 15 is 0 Å². The summed E-state index contributed by atoms with van der Waals surface area (Å²) in [7, 11) is 0. The van der Waals surface area contributed by atoms with Crippen LogP contribution in [0, 0.1) is 5.92 Å². The summed E-state index contributed by atoms with van der Waals surface area (Å²) < 4.78 is 5.61. The molecule has 4 heteroatoms. The summed E-state index contributed by atoms with van der Waals surface area (Å²) in [6.07, 6.45) is 1.71. The van der Waals surface area contributed by atoms with Crippen LogP contribution in [-0.4, -0.2) is 42.4 Å². The highest BCUT2D eigenvalue weighted by Crippen LogP contribution is 2.22. The first-order valence-electron chi connectivity index (χ1n) is 6.98. The van der Waals surface area contributed by atoms with Crippen LogP contribution >= 0.6 is 11.6 Å². The van der Waals surface area contributed by atoms with Crippen molar-refractivity contribution in [3.05, 3.63) is 29.3 Å². The number of rotatable bonds is 5. The predicted octanol–water partition coefficient (Wildman–Crippen LogP) is 2.81. The maximum absolute atomic E-state index is 10.2. The molecule has 1 aromatic rings. The maximum Gasteiger partial charge on any atom is 0.120 e. The molecule has 0 saturated carbocycles. The van der Waals surface area contributed by atoms with E-state index in [9.17, 15) is 5.11 Å². The zero-order valence-corrected chi connectivity index (χ0v) is 12.1. The van der Waals surface area contributed by atoms with E-state index in [1.54, 1.807) is 6.07 Å². The minimum absolute atomic E-state index is 0.344. The number of aliphatic hydroxyl groups excluding tert-OH is 1. The molecule has 2 rings (SSSR count). The molecule has 1 saturated heterocycles. The van der Waals surface area contributed by atoms with Gasteiger partial charge >= 0.3 is 0 Å². The number of hydrogen-bond acceptors (Lipinski definition) is 3. The molecule has 3 nitrogen and oxygen atoms in total. The SMILES string of the molecule is CCN1CCC(C(O)COc2cccc(Cl)c2)CC1. The molecule has 1 aliphatic rings. The first-order chi connectivity index (χ1) is 9.19. The van der Waals surface area contributed by atoms with E-state index in [0.717, 1.165) is 38.2 Å². The number of nitrogens with zero attached hydrogens (tertiary/aromatic N) is 1. The van der Waals surface area contributed by atoms with Crippen molar-refractivity contribution < 1.29 is 9.84 Å². The minimum Gasteiger partial charge on any atom is -0.491 e. The van der Waals surface area contributed by atoms with E-state index in [1.807, 2.05) is 18.2 Å². The monoisotopic (exact) mass is 283 g/mol. The molecule has 1 fully saturated rings. The number of likely N-dealkylation sites (tertiary alicyclic amines) is 1. The van der Waals surface area contributed by atoms with Gasteiger partial charge in [0, 0.05) is 5.02 Å². The summed E-state index contributed by atoms with van der Waals surface area (Å²) in [6.45, 7) is 5.78. The van der Waals surface area contributed by atoms with Crippen LogP contribution in [0.25, 0.3) is 0 Å². The number of ether oxygens (including phenoxy) is 1. The van der Waals surface area contributed by atoms with Crippen LogP contribution < -0.4 is 4.74 Å². The van der Waals surface area contributed by atoms with E-state index in [0.29, 0.717) is 17.5 Å². The van der Waals surface area contributed by atoms with Gasteiger partial charge in [-0.1, -0.05) is 24.6 Å². The van der Waals surface area contributed by atoms with Crippen LogP contribution in [0.15, 0.2) is 24.3 Å². The van der Waals surface area contributed by atoms with E-state index in [4.69, 9.17) is 16.3 Å². The van der Waals surface area contributed by atoms with Gasteiger partial charge in [-0.2, -0.15) is 0 Å². The van der Waals surface area contributed by atoms with Crippen molar-refractivity contribution in [3.63, 3.8) is 0 Å². The van der Waals surface area contributed by atoms with E-state index < -0.39 is 6.10 Å².